The molecule has 0 saturated heterocycles. The van der Waals surface area contributed by atoms with Crippen LogP contribution >= 0.6 is 0 Å². The third-order valence-electron chi connectivity index (χ3n) is 0.394. The number of hydrogen-bond donors (Lipinski definition) is 0. The van der Waals surface area contributed by atoms with Gasteiger partial charge >= 0.3 is 37.7 Å². The molecule has 0 aromatic rings. The van der Waals surface area contributed by atoms with Crippen LogP contribution in [0.2, 0.25) is 0 Å². The van der Waals surface area contributed by atoms with Crippen molar-refractivity contribution in [2.45, 2.75) is 12.8 Å². The molecule has 0 amide bonds. The van der Waals surface area contributed by atoms with Crippen molar-refractivity contribution in [3.8, 4) is 0 Å². The van der Waals surface area contributed by atoms with Crippen molar-refractivity contribution in [2.75, 3.05) is 6.61 Å². The zero-order valence-electron chi connectivity index (χ0n) is 5.24. The fourth-order valence-electron chi connectivity index (χ4n) is 0.102. The molecule has 0 spiro atoms. The maximum absolute atomic E-state index is 9.49. The van der Waals surface area contributed by atoms with Crippen LogP contribution in [0.3, 0.4) is 0 Å². The molecule has 7 heavy (non-hydrogen) atoms. The second-order valence-electron chi connectivity index (χ2n) is 0.911. The van der Waals surface area contributed by atoms with Crippen LogP contribution in [-0.2, 0) is 0 Å². The summed E-state index contributed by atoms with van der Waals surface area (Å²) in [5.41, 5.74) is 0. The average Bonchev–Trinajstić information content (AvgIpc) is 1.41. The van der Waals surface area contributed by atoms with E-state index in [4.69, 9.17) is 0 Å². The Bertz CT molecular complexity index is 17.2. The first-order chi connectivity index (χ1) is 2.41. The van der Waals surface area contributed by atoms with Crippen molar-refractivity contribution in [1.82, 2.24) is 0 Å². The first-order valence-electron chi connectivity index (χ1n) is 1.79. The predicted octanol–water partition coefficient (Wildman–Crippen LogP) is -6.03. The van der Waals surface area contributed by atoms with Crippen LogP contribution < -0.4 is 42.8 Å². The molecular formula is C4H8Li2O. The maximum atomic E-state index is 9.49. The van der Waals surface area contributed by atoms with Crippen molar-refractivity contribution in [1.29, 1.82) is 0 Å². The van der Waals surface area contributed by atoms with Crippen LogP contribution in [0.4, 0.5) is 0 Å². The SMILES string of the molecule is [CH2-]CCC[O-].[Li+].[Li+]. The van der Waals surface area contributed by atoms with E-state index in [2.05, 4.69) is 6.92 Å². The third-order valence-corrected chi connectivity index (χ3v) is 0.394. The van der Waals surface area contributed by atoms with Gasteiger partial charge in [-0.1, -0.05) is 6.42 Å². The maximum Gasteiger partial charge on any atom is 1.00 e. The molecular weight excluding hydrogens is 77.9 g/mol. The first-order valence-corrected chi connectivity index (χ1v) is 1.79. The van der Waals surface area contributed by atoms with Gasteiger partial charge in [-0.05, 0) is 0 Å². The molecule has 32 valence electrons. The fraction of sp³-hybridized carbons (Fsp3) is 0.750. The Balaban J connectivity index is -0.0000000800. The summed E-state index contributed by atoms with van der Waals surface area (Å²) in [7, 11) is 0. The van der Waals surface area contributed by atoms with Gasteiger partial charge in [0.15, 0.2) is 0 Å². The van der Waals surface area contributed by atoms with E-state index in [9.17, 15) is 5.11 Å². The summed E-state index contributed by atoms with van der Waals surface area (Å²) in [6, 6.07) is 0. The van der Waals surface area contributed by atoms with Crippen LogP contribution in [0.15, 0.2) is 0 Å². The Kier molecular flexibility index (Phi) is 35.2. The van der Waals surface area contributed by atoms with Crippen molar-refractivity contribution >= 4 is 0 Å². The molecule has 0 fully saturated rings. The van der Waals surface area contributed by atoms with Gasteiger partial charge in [-0.25, -0.2) is 0 Å². The van der Waals surface area contributed by atoms with Gasteiger partial charge in [0, 0.05) is 0 Å². The molecule has 3 heteroatoms. The van der Waals surface area contributed by atoms with E-state index in [-0.39, 0.29) is 44.3 Å². The third kappa shape index (κ3) is 19.1. The Morgan fingerprint density at radius 1 is 1.29 bits per heavy atom. The van der Waals surface area contributed by atoms with Gasteiger partial charge in [-0.3, -0.25) is 0 Å². The predicted molar refractivity (Wildman–Crippen MR) is 19.5 cm³/mol. The van der Waals surface area contributed by atoms with E-state index in [0.717, 1.165) is 12.8 Å². The average molecular weight is 86.0 g/mol. The monoisotopic (exact) mass is 86.1 g/mol. The Morgan fingerprint density at radius 2 is 1.71 bits per heavy atom. The molecule has 0 aromatic carbocycles. The van der Waals surface area contributed by atoms with Gasteiger partial charge in [-0.2, -0.15) is 6.42 Å². The Hall–Kier alpha value is 1.15. The van der Waals surface area contributed by atoms with Crippen LogP contribution in [-0.4, -0.2) is 6.61 Å². The van der Waals surface area contributed by atoms with Gasteiger partial charge < -0.3 is 12.0 Å². The summed E-state index contributed by atoms with van der Waals surface area (Å²) in [6.07, 6.45) is 1.50. The van der Waals surface area contributed by atoms with Crippen molar-refractivity contribution in [2.24, 2.45) is 0 Å². The summed E-state index contributed by atoms with van der Waals surface area (Å²) in [6.45, 7) is 3.51. The minimum Gasteiger partial charge on any atom is -0.855 e. The molecule has 0 rings (SSSR count). The molecule has 0 atom stereocenters. The van der Waals surface area contributed by atoms with Crippen LogP contribution in [0.1, 0.15) is 12.8 Å². The van der Waals surface area contributed by atoms with Gasteiger partial charge in [0.05, 0.1) is 0 Å². The molecule has 1 nitrogen and oxygen atoms in total. The number of rotatable bonds is 2. The smallest absolute Gasteiger partial charge is 0.855 e. The molecule has 0 aliphatic carbocycles. The van der Waals surface area contributed by atoms with Crippen LogP contribution in [0.5, 0.6) is 0 Å². The largest absolute Gasteiger partial charge is 1.00 e. The van der Waals surface area contributed by atoms with E-state index in [1.54, 1.807) is 0 Å². The topological polar surface area (TPSA) is 23.1 Å². The molecule has 0 aliphatic heterocycles. The molecule has 0 aromatic heterocycles. The van der Waals surface area contributed by atoms with Gasteiger partial charge in [0.1, 0.15) is 0 Å². The molecule has 0 heterocycles. The second-order valence-corrected chi connectivity index (χ2v) is 0.911. The Labute approximate surface area is 69.2 Å². The van der Waals surface area contributed by atoms with Gasteiger partial charge in [0.25, 0.3) is 0 Å². The van der Waals surface area contributed by atoms with Crippen LogP contribution in [0.25, 0.3) is 0 Å². The molecule has 0 N–H and O–H groups in total. The standard InChI is InChI=1S/C4H8O.2Li/c1-2-3-4-5;;/h1-4H2;;/q-2;2*+1. The summed E-state index contributed by atoms with van der Waals surface area (Å²) in [5, 5.41) is 9.49. The molecule has 0 aliphatic rings. The minimum atomic E-state index is 0. The zero-order valence-corrected chi connectivity index (χ0v) is 5.24. The van der Waals surface area contributed by atoms with Crippen molar-refractivity contribution in [3.63, 3.8) is 0 Å². The molecule has 0 saturated carbocycles. The molecule has 0 radical (unpaired) electrons. The van der Waals surface area contributed by atoms with Gasteiger partial charge in [0.2, 0.25) is 0 Å². The van der Waals surface area contributed by atoms with E-state index in [0.29, 0.717) is 0 Å². The number of unbranched alkanes of at least 4 members (excludes halogenated alkanes) is 1. The van der Waals surface area contributed by atoms with E-state index >= 15 is 0 Å². The fourth-order valence-corrected chi connectivity index (χ4v) is 0.102. The van der Waals surface area contributed by atoms with E-state index in [1.807, 2.05) is 0 Å². The zero-order chi connectivity index (χ0) is 4.12. The summed E-state index contributed by atoms with van der Waals surface area (Å²) < 4.78 is 0. The summed E-state index contributed by atoms with van der Waals surface area (Å²) >= 11 is 0. The minimum absolute atomic E-state index is 0. The van der Waals surface area contributed by atoms with Crippen molar-refractivity contribution in [3.05, 3.63) is 6.92 Å². The molecule has 0 unspecified atom stereocenters. The first kappa shape index (κ1) is 15.7. The quantitative estimate of drug-likeness (QED) is 0.242. The van der Waals surface area contributed by atoms with E-state index < -0.39 is 0 Å². The Morgan fingerprint density at radius 3 is 1.71 bits per heavy atom. The van der Waals surface area contributed by atoms with Gasteiger partial charge in [-0.15, -0.1) is 6.61 Å². The number of hydrogen-bond acceptors (Lipinski definition) is 1. The molecule has 0 bridgehead atoms. The van der Waals surface area contributed by atoms with Crippen molar-refractivity contribution < 1.29 is 42.8 Å². The second kappa shape index (κ2) is 15.7. The van der Waals surface area contributed by atoms with Crippen LogP contribution in [0, 0.1) is 6.92 Å². The summed E-state index contributed by atoms with van der Waals surface area (Å²) in [4.78, 5) is 0. The van der Waals surface area contributed by atoms with E-state index in [1.165, 1.54) is 0 Å². The normalized spacial score (nSPS) is 6.00. The summed E-state index contributed by atoms with van der Waals surface area (Å²) in [5.74, 6) is 0.